The third kappa shape index (κ3) is 20.7. The molecule has 0 aromatic carbocycles. The number of thioether (sulfide) groups is 1. The van der Waals surface area contributed by atoms with Crippen LogP contribution in [-0.2, 0) is 63.6 Å². The minimum absolute atomic E-state index is 0.00511. The highest BCUT2D eigenvalue weighted by atomic mass is 32.2. The Morgan fingerprint density at radius 2 is 1.61 bits per heavy atom. The van der Waals surface area contributed by atoms with Crippen molar-refractivity contribution in [1.82, 2.24) is 25.8 Å². The van der Waals surface area contributed by atoms with Gasteiger partial charge in [0.25, 0.3) is 5.91 Å². The fourth-order valence-corrected chi connectivity index (χ4v) is 14.9. The van der Waals surface area contributed by atoms with E-state index in [1.54, 1.807) is 66.7 Å². The second-order valence-electron chi connectivity index (χ2n) is 27.2. The molecule has 93 heavy (non-hydrogen) atoms. The van der Waals surface area contributed by atoms with Crippen molar-refractivity contribution in [3.63, 3.8) is 0 Å². The summed E-state index contributed by atoms with van der Waals surface area (Å²) in [4.78, 5) is 88.2. The Labute approximate surface area is 552 Å². The van der Waals surface area contributed by atoms with Crippen LogP contribution in [0.2, 0.25) is 0 Å². The van der Waals surface area contributed by atoms with Crippen LogP contribution in [0.1, 0.15) is 164 Å². The molecule has 25 nitrogen and oxygen atoms in total. The minimum Gasteiger partial charge on any atom is -0.460 e. The number of aliphatic hydroxyl groups is 6. The average Bonchev–Trinajstić information content (AvgIpc) is 1.47. The Balaban J connectivity index is 1.18. The number of aromatic nitrogens is 1. The van der Waals surface area contributed by atoms with Crippen molar-refractivity contribution in [3.05, 3.63) is 53.8 Å². The maximum absolute atomic E-state index is 14.5. The van der Waals surface area contributed by atoms with Gasteiger partial charge in [-0.05, 0) is 105 Å². The van der Waals surface area contributed by atoms with Gasteiger partial charge in [0.15, 0.2) is 18.3 Å². The number of hydrogen-bond acceptors (Lipinski definition) is 23. The molecule has 0 spiro atoms. The van der Waals surface area contributed by atoms with Gasteiger partial charge in [-0.25, -0.2) is 9.78 Å². The number of oxazole rings is 1. The van der Waals surface area contributed by atoms with Crippen molar-refractivity contribution in [2.24, 2.45) is 29.6 Å². The molecule has 9 N–H and O–H groups in total. The number of hydrogen-bond donors (Lipinski definition) is 9. The number of carbonyl (C=O) groups is 6. The Kier molecular flexibility index (Phi) is 28.7. The average molecular weight is 1330 g/mol. The predicted octanol–water partition coefficient (Wildman–Crippen LogP) is 4.15. The van der Waals surface area contributed by atoms with E-state index in [0.29, 0.717) is 24.8 Å². The van der Waals surface area contributed by atoms with E-state index >= 15 is 0 Å². The van der Waals surface area contributed by atoms with Gasteiger partial charge in [-0.2, -0.15) is 11.8 Å². The molecule has 1 aromatic heterocycles. The van der Waals surface area contributed by atoms with E-state index in [-0.39, 0.29) is 112 Å². The molecule has 26 heteroatoms. The molecular formula is C67H107N5O20S. The third-order valence-corrected chi connectivity index (χ3v) is 20.6. The van der Waals surface area contributed by atoms with E-state index in [1.807, 2.05) is 34.6 Å². The van der Waals surface area contributed by atoms with Gasteiger partial charge in [-0.3, -0.25) is 24.0 Å². The van der Waals surface area contributed by atoms with Crippen LogP contribution in [0.15, 0.2) is 46.6 Å². The number of nitrogens with zero attached hydrogens (tertiary/aromatic N) is 2. The number of esters is 2. The molecule has 2 bridgehead atoms. The lowest BCUT2D eigenvalue weighted by Crippen LogP contribution is -2.60. The van der Waals surface area contributed by atoms with Crippen LogP contribution in [0.5, 0.6) is 0 Å². The molecule has 1 aromatic rings. The van der Waals surface area contributed by atoms with Gasteiger partial charge in [0.2, 0.25) is 17.7 Å². The van der Waals surface area contributed by atoms with E-state index in [9.17, 15) is 59.4 Å². The lowest BCUT2D eigenvalue weighted by atomic mass is 9.75. The molecule has 3 amide bonds. The number of aliphatic hydroxyl groups excluding tert-OH is 4. The van der Waals surface area contributed by atoms with Crippen LogP contribution in [0.25, 0.3) is 0 Å². The zero-order valence-corrected chi connectivity index (χ0v) is 57.6. The van der Waals surface area contributed by atoms with Gasteiger partial charge in [-0.1, -0.05) is 71.4 Å². The van der Waals surface area contributed by atoms with E-state index in [1.165, 1.54) is 42.8 Å². The van der Waals surface area contributed by atoms with Crippen molar-refractivity contribution in [2.45, 2.75) is 262 Å². The molecule has 0 saturated carbocycles. The highest BCUT2D eigenvalue weighted by Gasteiger charge is 2.53. The zero-order chi connectivity index (χ0) is 68.9. The van der Waals surface area contributed by atoms with Crippen LogP contribution in [0.4, 0.5) is 0 Å². The number of Topliss-reactive ketones (excluding diaryl/α,β-unsaturated/α-hetero) is 1. The van der Waals surface area contributed by atoms with Crippen LogP contribution in [-0.4, -0.2) is 223 Å². The predicted molar refractivity (Wildman–Crippen MR) is 344 cm³/mol. The topological polar surface area (TPSA) is 354 Å². The molecule has 6 rings (SSSR count). The van der Waals surface area contributed by atoms with E-state index in [0.717, 1.165) is 6.26 Å². The maximum atomic E-state index is 14.5. The standard InChI is InChI=1S/C67H107N5O20S/c1-15-48-37(4)19-20-52(76)69-23-17-18-36(3)28-44(73)30-45(74)31-54-71-47(35-86-54)61(80)72-26-21-49(56(72)63(82)89-48)93-27-22-53(77)70-25-24-68-46-32-50(75)67(13,84)51(16-2)90-62(81)42(9)58(91-55-34-66(12,85-14)59(79)43(10)88-55)41(8)60(65(11,83)33-39(46)6)92-64-57(78)38(5)29-40(7)87-64/h17-20,28,35,37-44,46,48-51,55-60,64,68,73,75,78-79,83-84H,15-16,21-27,29-34H2,1-14H3,(H,69,76)(H,70,77)/b18-17+,20-19+,36-28+/t37-,38?,39-,40?,41?,42-,43?,44-,46-,48-,49?,50-,51-,55?,56?,57?,58+,59?,60-,64?,65-,66?,67+/m1/s1. The van der Waals surface area contributed by atoms with Crippen LogP contribution >= 0.6 is 11.8 Å². The molecule has 5 aliphatic heterocycles. The third-order valence-electron chi connectivity index (χ3n) is 19.3. The smallest absolute Gasteiger partial charge is 0.330 e. The first-order chi connectivity index (χ1) is 43.7. The van der Waals surface area contributed by atoms with Gasteiger partial charge >= 0.3 is 11.9 Å². The van der Waals surface area contributed by atoms with Crippen molar-refractivity contribution < 1.29 is 97.0 Å². The van der Waals surface area contributed by atoms with Crippen LogP contribution < -0.4 is 16.0 Å². The summed E-state index contributed by atoms with van der Waals surface area (Å²) in [5, 5.41) is 79.1. The number of amides is 3. The number of ketones is 1. The van der Waals surface area contributed by atoms with E-state index in [4.69, 9.17) is 37.6 Å². The van der Waals surface area contributed by atoms with Crippen LogP contribution in [0, 0.1) is 29.6 Å². The maximum Gasteiger partial charge on any atom is 0.330 e. The SMILES string of the molecule is CC[C@H]1OC(=O)C2C(SCCC(=O)NCCN[C@@H]3C[C@@H](O)[C@](C)(O)[C@@H](CC)OC(=O)[C@H](C)[C@@H](OC4CC(C)(OC)C(O)C(C)O4)C(C)[C@@H](OC4OC(C)CC(C)C4O)[C@](C)(O)C[C@H]3C)CCN2C(=O)c2coc(n2)CC(=O)C[C@H](O)/C=C(C)/C=C/CNC(=O)/C=C/[C@H]1C. The quantitative estimate of drug-likeness (QED) is 0.0879. The lowest BCUT2D eigenvalue weighted by molar-refractivity contribution is -0.318. The van der Waals surface area contributed by atoms with Gasteiger partial charge in [0, 0.05) is 81.4 Å². The number of rotatable bonds is 15. The summed E-state index contributed by atoms with van der Waals surface area (Å²) < 4.78 is 49.6. The molecule has 0 radical (unpaired) electrons. The second kappa shape index (κ2) is 34.5. The highest BCUT2D eigenvalue weighted by molar-refractivity contribution is 8.00. The number of ether oxygens (including phenoxy) is 7. The molecule has 11 unspecified atom stereocenters. The molecule has 4 saturated heterocycles. The molecular weight excluding hydrogens is 1230 g/mol. The highest BCUT2D eigenvalue weighted by Crippen LogP contribution is 2.42. The summed E-state index contributed by atoms with van der Waals surface area (Å²) in [5.74, 6) is -6.12. The number of allylic oxidation sites excluding steroid dienone is 2. The molecule has 526 valence electrons. The molecule has 23 atom stereocenters. The number of carbonyl (C=O) groups excluding carboxylic acids is 6. The summed E-state index contributed by atoms with van der Waals surface area (Å²) in [6.07, 6.45) is -2.35. The first kappa shape index (κ1) is 77.3. The first-order valence-electron chi connectivity index (χ1n) is 33.2. The van der Waals surface area contributed by atoms with Crippen LogP contribution in [0.3, 0.4) is 0 Å². The fourth-order valence-electron chi connectivity index (χ4n) is 13.6. The van der Waals surface area contributed by atoms with Crippen molar-refractivity contribution in [3.8, 4) is 0 Å². The summed E-state index contributed by atoms with van der Waals surface area (Å²) in [6, 6.07) is -1.78. The number of nitrogens with one attached hydrogen (secondary N) is 3. The molecule has 4 fully saturated rings. The first-order valence-corrected chi connectivity index (χ1v) is 34.2. The monoisotopic (exact) mass is 1330 g/mol. The van der Waals surface area contributed by atoms with Crippen molar-refractivity contribution >= 4 is 47.2 Å². The van der Waals surface area contributed by atoms with Gasteiger partial charge < -0.3 is 89.1 Å². The van der Waals surface area contributed by atoms with E-state index in [2.05, 4.69) is 20.9 Å². The van der Waals surface area contributed by atoms with Gasteiger partial charge in [0.05, 0.1) is 60.2 Å². The van der Waals surface area contributed by atoms with Crippen molar-refractivity contribution in [1.29, 1.82) is 0 Å². The number of cyclic esters (lactones) is 2. The number of fused-ring (bicyclic) bond motifs is 3. The van der Waals surface area contributed by atoms with Gasteiger partial charge in [0.1, 0.15) is 48.1 Å². The summed E-state index contributed by atoms with van der Waals surface area (Å²) >= 11 is 1.33. The second-order valence-corrected chi connectivity index (χ2v) is 28.5. The lowest BCUT2D eigenvalue weighted by Gasteiger charge is -2.49. The molecule has 0 aliphatic carbocycles. The fraction of sp³-hybridized carbons (Fsp3) is 0.776. The number of methoxy groups -OCH3 is 1. The summed E-state index contributed by atoms with van der Waals surface area (Å²) in [6.45, 7) is 23.1. The Morgan fingerprint density at radius 1 is 0.892 bits per heavy atom. The Bertz CT molecular complexity index is 2740. The van der Waals surface area contributed by atoms with Gasteiger partial charge in [-0.15, -0.1) is 0 Å². The van der Waals surface area contributed by atoms with E-state index < -0.39 is 149 Å². The van der Waals surface area contributed by atoms with Crippen molar-refractivity contribution in [2.75, 3.05) is 39.0 Å². The zero-order valence-electron chi connectivity index (χ0n) is 56.8. The normalized spacial score (nSPS) is 40.7. The Morgan fingerprint density at radius 3 is 2.30 bits per heavy atom. The summed E-state index contributed by atoms with van der Waals surface area (Å²) in [7, 11) is 1.48. The summed E-state index contributed by atoms with van der Waals surface area (Å²) in [5.41, 5.74) is -4.35. The largest absolute Gasteiger partial charge is 0.460 e. The molecule has 5 aliphatic rings. The molecule has 6 heterocycles. The minimum atomic E-state index is -1.99. The Hall–Kier alpha value is -4.68.